The van der Waals surface area contributed by atoms with Gasteiger partial charge in [-0.3, -0.25) is 0 Å². The number of ether oxygens (including phenoxy) is 2. The van der Waals surface area contributed by atoms with Crippen LogP contribution in [0.5, 0.6) is 11.5 Å². The Morgan fingerprint density at radius 3 is 2.18 bits per heavy atom. The summed E-state index contributed by atoms with van der Waals surface area (Å²) in [5, 5.41) is 10.6. The van der Waals surface area contributed by atoms with Crippen LogP contribution in [-0.2, 0) is 5.60 Å². The minimum Gasteiger partial charge on any atom is -0.496 e. The molecule has 1 aliphatic rings. The van der Waals surface area contributed by atoms with Crippen molar-refractivity contribution in [1.29, 1.82) is 0 Å². The van der Waals surface area contributed by atoms with Gasteiger partial charge in [0.1, 0.15) is 11.5 Å². The van der Waals surface area contributed by atoms with Gasteiger partial charge in [0.15, 0.2) is 0 Å². The number of methoxy groups -OCH3 is 2. The van der Waals surface area contributed by atoms with E-state index < -0.39 is 5.60 Å². The molecule has 0 aromatic heterocycles. The van der Waals surface area contributed by atoms with E-state index in [1.165, 1.54) is 0 Å². The topological polar surface area (TPSA) is 38.7 Å². The molecule has 0 atom stereocenters. The summed E-state index contributed by atoms with van der Waals surface area (Å²) < 4.78 is 10.7. The first-order valence-corrected chi connectivity index (χ1v) is 6.06. The number of hydrogen-bond donors (Lipinski definition) is 1. The maximum atomic E-state index is 10.6. The largest absolute Gasteiger partial charge is 0.496 e. The van der Waals surface area contributed by atoms with Crippen molar-refractivity contribution in [3.8, 4) is 11.5 Å². The van der Waals surface area contributed by atoms with Gasteiger partial charge in [0.25, 0.3) is 0 Å². The molecule has 17 heavy (non-hydrogen) atoms. The second kappa shape index (κ2) is 4.57. The Morgan fingerprint density at radius 2 is 1.65 bits per heavy atom. The predicted molar refractivity (Wildman–Crippen MR) is 66.6 cm³/mol. The zero-order valence-electron chi connectivity index (χ0n) is 10.7. The van der Waals surface area contributed by atoms with E-state index >= 15 is 0 Å². The van der Waals surface area contributed by atoms with Gasteiger partial charge in [-0.25, -0.2) is 0 Å². The van der Waals surface area contributed by atoms with E-state index in [9.17, 15) is 5.11 Å². The van der Waals surface area contributed by atoms with Crippen molar-refractivity contribution in [1.82, 2.24) is 0 Å². The van der Waals surface area contributed by atoms with Gasteiger partial charge in [-0.05, 0) is 37.5 Å². The number of benzene rings is 1. The molecule has 0 saturated heterocycles. The van der Waals surface area contributed by atoms with Crippen LogP contribution in [0.15, 0.2) is 12.1 Å². The highest BCUT2D eigenvalue weighted by atomic mass is 16.5. The molecule has 94 valence electrons. The zero-order valence-corrected chi connectivity index (χ0v) is 10.7. The lowest BCUT2D eigenvalue weighted by atomic mass is 9.90. The van der Waals surface area contributed by atoms with E-state index in [0.29, 0.717) is 0 Å². The maximum Gasteiger partial charge on any atom is 0.125 e. The first kappa shape index (κ1) is 12.2. The van der Waals surface area contributed by atoms with E-state index in [-0.39, 0.29) is 0 Å². The summed E-state index contributed by atoms with van der Waals surface area (Å²) >= 11 is 0. The molecule has 0 aliphatic heterocycles. The molecule has 1 aromatic rings. The SMILES string of the molecule is COc1cc(C2(O)CCCC2)c(OC)cc1C. The van der Waals surface area contributed by atoms with Gasteiger partial charge in [0.2, 0.25) is 0 Å². The summed E-state index contributed by atoms with van der Waals surface area (Å²) in [7, 11) is 3.29. The molecule has 3 nitrogen and oxygen atoms in total. The van der Waals surface area contributed by atoms with Gasteiger partial charge in [-0.15, -0.1) is 0 Å². The standard InChI is InChI=1S/C14H20O3/c1-10-8-13(17-3)11(9-12(10)16-2)14(15)6-4-5-7-14/h8-9,15H,4-7H2,1-3H3. The van der Waals surface area contributed by atoms with E-state index in [1.54, 1.807) is 14.2 Å². The second-order valence-electron chi connectivity index (χ2n) is 4.76. The van der Waals surface area contributed by atoms with Crippen molar-refractivity contribution in [2.45, 2.75) is 38.2 Å². The van der Waals surface area contributed by atoms with Gasteiger partial charge in [-0.2, -0.15) is 0 Å². The fourth-order valence-corrected chi connectivity index (χ4v) is 2.64. The molecule has 0 amide bonds. The third-order valence-electron chi connectivity index (χ3n) is 3.65. The Bertz CT molecular complexity index is 406. The maximum absolute atomic E-state index is 10.6. The van der Waals surface area contributed by atoms with Gasteiger partial charge in [-0.1, -0.05) is 12.8 Å². The normalized spacial score (nSPS) is 18.1. The Morgan fingerprint density at radius 1 is 1.06 bits per heavy atom. The van der Waals surface area contributed by atoms with Crippen LogP contribution in [0.4, 0.5) is 0 Å². The minimum atomic E-state index is -0.744. The molecule has 2 rings (SSSR count). The first-order chi connectivity index (χ1) is 8.10. The summed E-state index contributed by atoms with van der Waals surface area (Å²) in [6.45, 7) is 1.98. The van der Waals surface area contributed by atoms with Crippen LogP contribution in [0.25, 0.3) is 0 Å². The minimum absolute atomic E-state index is 0.744. The van der Waals surface area contributed by atoms with E-state index in [2.05, 4.69) is 0 Å². The highest BCUT2D eigenvalue weighted by Crippen LogP contribution is 2.44. The number of aliphatic hydroxyl groups is 1. The summed E-state index contributed by atoms with van der Waals surface area (Å²) in [6, 6.07) is 3.85. The smallest absolute Gasteiger partial charge is 0.125 e. The van der Waals surface area contributed by atoms with Crippen molar-refractivity contribution < 1.29 is 14.6 Å². The second-order valence-corrected chi connectivity index (χ2v) is 4.76. The van der Waals surface area contributed by atoms with Crippen LogP contribution in [0, 0.1) is 6.92 Å². The van der Waals surface area contributed by atoms with Crippen molar-refractivity contribution in [2.24, 2.45) is 0 Å². The van der Waals surface area contributed by atoms with Crippen LogP contribution < -0.4 is 9.47 Å². The van der Waals surface area contributed by atoms with Crippen LogP contribution in [0.2, 0.25) is 0 Å². The molecular formula is C14H20O3. The van der Waals surface area contributed by atoms with Gasteiger partial charge in [0, 0.05) is 5.56 Å². The van der Waals surface area contributed by atoms with Crippen LogP contribution in [0.3, 0.4) is 0 Å². The van der Waals surface area contributed by atoms with Crippen molar-refractivity contribution in [3.63, 3.8) is 0 Å². The molecule has 1 aromatic carbocycles. The highest BCUT2D eigenvalue weighted by molar-refractivity contribution is 5.48. The van der Waals surface area contributed by atoms with Gasteiger partial charge in [0.05, 0.1) is 19.8 Å². The molecule has 1 saturated carbocycles. The molecular weight excluding hydrogens is 216 g/mol. The number of hydrogen-bond acceptors (Lipinski definition) is 3. The molecule has 3 heteroatoms. The predicted octanol–water partition coefficient (Wildman–Crippen LogP) is 2.77. The Balaban J connectivity index is 2.50. The molecule has 0 radical (unpaired) electrons. The van der Waals surface area contributed by atoms with Crippen LogP contribution in [-0.4, -0.2) is 19.3 Å². The first-order valence-electron chi connectivity index (χ1n) is 6.06. The Hall–Kier alpha value is -1.22. The molecule has 0 bridgehead atoms. The molecule has 0 spiro atoms. The van der Waals surface area contributed by atoms with Crippen molar-refractivity contribution >= 4 is 0 Å². The molecule has 0 unspecified atom stereocenters. The van der Waals surface area contributed by atoms with Gasteiger partial charge < -0.3 is 14.6 Å². The Labute approximate surface area is 102 Å². The van der Waals surface area contributed by atoms with Crippen LogP contribution >= 0.6 is 0 Å². The van der Waals surface area contributed by atoms with E-state index in [1.807, 2.05) is 19.1 Å². The third-order valence-corrected chi connectivity index (χ3v) is 3.65. The monoisotopic (exact) mass is 236 g/mol. The van der Waals surface area contributed by atoms with Crippen molar-refractivity contribution in [3.05, 3.63) is 23.3 Å². The molecule has 1 fully saturated rings. The van der Waals surface area contributed by atoms with Gasteiger partial charge >= 0.3 is 0 Å². The molecule has 0 heterocycles. The quantitative estimate of drug-likeness (QED) is 0.877. The lowest BCUT2D eigenvalue weighted by Crippen LogP contribution is -2.22. The number of rotatable bonds is 3. The summed E-state index contributed by atoms with van der Waals surface area (Å²) in [6.07, 6.45) is 3.73. The van der Waals surface area contributed by atoms with E-state index in [4.69, 9.17) is 9.47 Å². The number of aryl methyl sites for hydroxylation is 1. The fourth-order valence-electron chi connectivity index (χ4n) is 2.64. The summed E-state index contributed by atoms with van der Waals surface area (Å²) in [5.41, 5.74) is 1.14. The molecule has 1 N–H and O–H groups in total. The summed E-state index contributed by atoms with van der Waals surface area (Å²) in [5.74, 6) is 1.56. The average molecular weight is 236 g/mol. The fraction of sp³-hybridized carbons (Fsp3) is 0.571. The zero-order chi connectivity index (χ0) is 12.5. The van der Waals surface area contributed by atoms with Crippen LogP contribution in [0.1, 0.15) is 36.8 Å². The van der Waals surface area contributed by atoms with E-state index in [0.717, 1.165) is 48.3 Å². The average Bonchev–Trinajstić information content (AvgIpc) is 2.76. The third kappa shape index (κ3) is 2.12. The Kier molecular flexibility index (Phi) is 3.29. The molecule has 1 aliphatic carbocycles. The lowest BCUT2D eigenvalue weighted by Gasteiger charge is -2.26. The van der Waals surface area contributed by atoms with Crippen molar-refractivity contribution in [2.75, 3.05) is 14.2 Å². The highest BCUT2D eigenvalue weighted by Gasteiger charge is 2.36. The summed E-state index contributed by atoms with van der Waals surface area (Å²) in [4.78, 5) is 0. The lowest BCUT2D eigenvalue weighted by molar-refractivity contribution is 0.0417.